The molecule has 3 nitrogen and oxygen atoms in total. The third kappa shape index (κ3) is 3.66. The van der Waals surface area contributed by atoms with Crippen LogP contribution in [0, 0.1) is 5.82 Å². The summed E-state index contributed by atoms with van der Waals surface area (Å²) in [5.74, 6) is -0.834. The largest absolute Gasteiger partial charge is 0.294 e. The van der Waals surface area contributed by atoms with E-state index in [-0.39, 0.29) is 17.8 Å². The van der Waals surface area contributed by atoms with Gasteiger partial charge in [0.25, 0.3) is 0 Å². The summed E-state index contributed by atoms with van der Waals surface area (Å²) < 4.78 is 15.3. The second-order valence-electron chi connectivity index (χ2n) is 5.28. The molecular formula is C18H13Cl2FN2O. The number of Topliss-reactive ketones (excluding diaryl/α,β-unsaturated/α-hetero) is 1. The van der Waals surface area contributed by atoms with Crippen molar-refractivity contribution in [3.8, 4) is 0 Å². The lowest BCUT2D eigenvalue weighted by Crippen LogP contribution is -2.08. The van der Waals surface area contributed by atoms with Gasteiger partial charge in [-0.1, -0.05) is 41.4 Å². The van der Waals surface area contributed by atoms with Gasteiger partial charge in [0.05, 0.1) is 24.2 Å². The lowest BCUT2D eigenvalue weighted by atomic mass is 10.1. The zero-order valence-electron chi connectivity index (χ0n) is 12.5. The van der Waals surface area contributed by atoms with Gasteiger partial charge in [-0.15, -0.1) is 0 Å². The summed E-state index contributed by atoms with van der Waals surface area (Å²) in [4.78, 5) is 12.2. The molecule has 0 amide bonds. The van der Waals surface area contributed by atoms with Crippen molar-refractivity contribution in [3.63, 3.8) is 0 Å². The molecular weight excluding hydrogens is 350 g/mol. The van der Waals surface area contributed by atoms with Gasteiger partial charge in [0.2, 0.25) is 0 Å². The minimum atomic E-state index is -0.523. The first-order chi connectivity index (χ1) is 11.5. The van der Waals surface area contributed by atoms with Crippen LogP contribution in [-0.2, 0) is 13.0 Å². The molecule has 0 saturated heterocycles. The molecule has 0 spiro atoms. The van der Waals surface area contributed by atoms with E-state index in [2.05, 4.69) is 5.10 Å². The first-order valence-electron chi connectivity index (χ1n) is 7.27. The predicted octanol–water partition coefficient (Wildman–Crippen LogP) is 4.80. The first kappa shape index (κ1) is 16.7. The number of ketones is 1. The highest BCUT2D eigenvalue weighted by Gasteiger charge is 2.14. The van der Waals surface area contributed by atoms with Crippen molar-refractivity contribution in [2.24, 2.45) is 0 Å². The van der Waals surface area contributed by atoms with Gasteiger partial charge in [0.15, 0.2) is 5.78 Å². The Morgan fingerprint density at radius 2 is 1.75 bits per heavy atom. The lowest BCUT2D eigenvalue weighted by Gasteiger charge is -2.07. The monoisotopic (exact) mass is 362 g/mol. The topological polar surface area (TPSA) is 34.9 Å². The van der Waals surface area contributed by atoms with E-state index < -0.39 is 5.82 Å². The lowest BCUT2D eigenvalue weighted by molar-refractivity contribution is 0.0988. The average molecular weight is 363 g/mol. The minimum Gasteiger partial charge on any atom is -0.294 e. The molecule has 1 heterocycles. The molecule has 0 radical (unpaired) electrons. The summed E-state index contributed by atoms with van der Waals surface area (Å²) in [6.07, 6.45) is 1.77. The molecule has 0 unspecified atom stereocenters. The van der Waals surface area contributed by atoms with Crippen LogP contribution in [0.15, 0.2) is 54.7 Å². The number of aromatic nitrogens is 2. The maximum Gasteiger partial charge on any atom is 0.171 e. The fourth-order valence-electron chi connectivity index (χ4n) is 2.38. The van der Waals surface area contributed by atoms with Crippen molar-refractivity contribution < 1.29 is 9.18 Å². The van der Waals surface area contributed by atoms with E-state index in [0.29, 0.717) is 22.3 Å². The zero-order chi connectivity index (χ0) is 17.1. The average Bonchev–Trinajstić information content (AvgIpc) is 2.98. The van der Waals surface area contributed by atoms with Crippen LogP contribution < -0.4 is 0 Å². The van der Waals surface area contributed by atoms with Crippen molar-refractivity contribution in [1.29, 1.82) is 0 Å². The second kappa shape index (κ2) is 7.16. The quantitative estimate of drug-likeness (QED) is 0.610. The van der Waals surface area contributed by atoms with Crippen LogP contribution in [0.2, 0.25) is 10.0 Å². The number of hydrogen-bond acceptors (Lipinski definition) is 2. The number of hydrogen-bond donors (Lipinski definition) is 0. The molecule has 24 heavy (non-hydrogen) atoms. The number of carbonyl (C=O) groups is 1. The Hall–Kier alpha value is -2.17. The fourth-order valence-corrected chi connectivity index (χ4v) is 2.90. The maximum absolute atomic E-state index is 13.6. The maximum atomic E-state index is 13.6. The second-order valence-corrected chi connectivity index (χ2v) is 6.10. The molecule has 0 aliphatic carbocycles. The van der Waals surface area contributed by atoms with Gasteiger partial charge in [-0.3, -0.25) is 9.48 Å². The summed E-state index contributed by atoms with van der Waals surface area (Å²) in [7, 11) is 0. The molecule has 3 aromatic rings. The third-order valence-electron chi connectivity index (χ3n) is 3.59. The van der Waals surface area contributed by atoms with Gasteiger partial charge < -0.3 is 0 Å². The Kier molecular flexibility index (Phi) is 4.97. The first-order valence-corrected chi connectivity index (χ1v) is 8.03. The molecule has 0 aliphatic heterocycles. The van der Waals surface area contributed by atoms with Crippen molar-refractivity contribution >= 4 is 29.0 Å². The molecule has 0 aliphatic rings. The van der Waals surface area contributed by atoms with Gasteiger partial charge in [-0.25, -0.2) is 4.39 Å². The minimum absolute atomic E-state index is 0.0319. The van der Waals surface area contributed by atoms with Gasteiger partial charge in [-0.05, 0) is 30.3 Å². The predicted molar refractivity (Wildman–Crippen MR) is 92.2 cm³/mol. The van der Waals surface area contributed by atoms with Crippen molar-refractivity contribution in [3.05, 3.63) is 87.4 Å². The van der Waals surface area contributed by atoms with E-state index in [1.54, 1.807) is 47.3 Å². The Morgan fingerprint density at radius 1 is 1.04 bits per heavy atom. The summed E-state index contributed by atoms with van der Waals surface area (Å²) in [6.45, 7) is 0.395. The molecule has 2 aromatic carbocycles. The smallest absolute Gasteiger partial charge is 0.171 e. The summed E-state index contributed by atoms with van der Waals surface area (Å²) in [5.41, 5.74) is 1.39. The van der Waals surface area contributed by atoms with E-state index in [4.69, 9.17) is 23.2 Å². The summed E-state index contributed by atoms with van der Waals surface area (Å²) >= 11 is 12.3. The molecule has 0 saturated carbocycles. The molecule has 1 aromatic heterocycles. The number of halogens is 3. The number of benzene rings is 2. The van der Waals surface area contributed by atoms with Crippen LogP contribution in [0.25, 0.3) is 0 Å². The highest BCUT2D eigenvalue weighted by Crippen LogP contribution is 2.25. The number of nitrogens with zero attached hydrogens (tertiary/aromatic N) is 2. The van der Waals surface area contributed by atoms with E-state index in [1.807, 2.05) is 0 Å². The highest BCUT2D eigenvalue weighted by atomic mass is 35.5. The van der Waals surface area contributed by atoms with Crippen LogP contribution in [0.4, 0.5) is 4.39 Å². The molecule has 6 heteroatoms. The van der Waals surface area contributed by atoms with Crippen LogP contribution >= 0.6 is 23.2 Å². The molecule has 0 fully saturated rings. The summed E-state index contributed by atoms with van der Waals surface area (Å²) in [6, 6.07) is 12.9. The van der Waals surface area contributed by atoms with Gasteiger partial charge >= 0.3 is 0 Å². The van der Waals surface area contributed by atoms with Crippen molar-refractivity contribution in [2.75, 3.05) is 0 Å². The molecule has 0 N–H and O–H groups in total. The highest BCUT2D eigenvalue weighted by molar-refractivity contribution is 6.35. The van der Waals surface area contributed by atoms with E-state index in [1.165, 1.54) is 12.1 Å². The normalized spacial score (nSPS) is 10.8. The van der Waals surface area contributed by atoms with Gasteiger partial charge in [-0.2, -0.15) is 5.10 Å². The molecule has 122 valence electrons. The van der Waals surface area contributed by atoms with Gasteiger partial charge in [0, 0.05) is 21.8 Å². The standard InChI is InChI=1S/C18H13Cl2FN2O/c19-15-5-3-6-16(20)14(15)11-23-9-8-12(22-23)10-18(24)13-4-1-2-7-17(13)21/h1-9H,10-11H2. The number of carbonyl (C=O) groups excluding carboxylic acids is 1. The molecule has 0 bridgehead atoms. The third-order valence-corrected chi connectivity index (χ3v) is 4.30. The summed E-state index contributed by atoms with van der Waals surface area (Å²) in [5, 5.41) is 5.45. The zero-order valence-corrected chi connectivity index (χ0v) is 14.1. The van der Waals surface area contributed by atoms with Gasteiger partial charge in [0.1, 0.15) is 5.82 Å². The van der Waals surface area contributed by atoms with E-state index in [0.717, 1.165) is 5.56 Å². The van der Waals surface area contributed by atoms with Crippen molar-refractivity contribution in [1.82, 2.24) is 9.78 Å². The Balaban J connectivity index is 1.74. The molecule has 0 atom stereocenters. The van der Waals surface area contributed by atoms with Crippen LogP contribution in [-0.4, -0.2) is 15.6 Å². The van der Waals surface area contributed by atoms with E-state index >= 15 is 0 Å². The van der Waals surface area contributed by atoms with Crippen LogP contribution in [0.1, 0.15) is 21.6 Å². The molecule has 3 rings (SSSR count). The van der Waals surface area contributed by atoms with Crippen LogP contribution in [0.3, 0.4) is 0 Å². The van der Waals surface area contributed by atoms with E-state index in [9.17, 15) is 9.18 Å². The Morgan fingerprint density at radius 3 is 2.46 bits per heavy atom. The van der Waals surface area contributed by atoms with Crippen molar-refractivity contribution in [2.45, 2.75) is 13.0 Å². The fraction of sp³-hybridized carbons (Fsp3) is 0.111. The number of rotatable bonds is 5. The SMILES string of the molecule is O=C(Cc1ccn(Cc2c(Cl)cccc2Cl)n1)c1ccccc1F. The Labute approximate surface area is 148 Å². The van der Waals surface area contributed by atoms with Crippen LogP contribution in [0.5, 0.6) is 0 Å². The Bertz CT molecular complexity index is 872.